The van der Waals surface area contributed by atoms with Gasteiger partial charge in [-0.15, -0.1) is 11.3 Å². The van der Waals surface area contributed by atoms with Gasteiger partial charge in [0.15, 0.2) is 0 Å². The zero-order valence-electron chi connectivity index (χ0n) is 20.3. The van der Waals surface area contributed by atoms with Gasteiger partial charge in [-0.2, -0.15) is 29.6 Å². The Hall–Kier alpha value is -4.14. The molecule has 3 heterocycles. The van der Waals surface area contributed by atoms with E-state index in [1.807, 2.05) is 0 Å². The molecule has 1 atom stereocenters. The Labute approximate surface area is 231 Å². The van der Waals surface area contributed by atoms with Crippen LogP contribution in [0.15, 0.2) is 58.0 Å². The number of halogens is 3. The minimum atomic E-state index is -4.50. The average molecular weight is 589 g/mol. The van der Waals surface area contributed by atoms with Crippen LogP contribution in [0.5, 0.6) is 5.75 Å². The maximum atomic E-state index is 13.1. The van der Waals surface area contributed by atoms with Gasteiger partial charge in [0.25, 0.3) is 5.56 Å². The van der Waals surface area contributed by atoms with Crippen molar-refractivity contribution in [3.8, 4) is 5.75 Å². The van der Waals surface area contributed by atoms with Gasteiger partial charge in [0.2, 0.25) is 0 Å². The third kappa shape index (κ3) is 5.88. The molecule has 0 aliphatic heterocycles. The van der Waals surface area contributed by atoms with Gasteiger partial charge in [0.05, 0.1) is 39.8 Å². The molecule has 0 spiro atoms. The van der Waals surface area contributed by atoms with Crippen LogP contribution in [0, 0.1) is 0 Å². The second kappa shape index (κ2) is 10.8. The minimum absolute atomic E-state index is 0.0900. The van der Waals surface area contributed by atoms with Gasteiger partial charge < -0.3 is 15.6 Å². The number of carbonyl (C=O) groups is 2. The molecule has 9 nitrogen and oxygen atoms in total. The van der Waals surface area contributed by atoms with Crippen LogP contribution in [0.2, 0.25) is 0 Å². The predicted molar refractivity (Wildman–Crippen MR) is 143 cm³/mol. The lowest BCUT2D eigenvalue weighted by Crippen LogP contribution is -2.32. The van der Waals surface area contributed by atoms with Gasteiger partial charge in [-0.05, 0) is 42.3 Å². The average Bonchev–Trinajstić information content (AvgIpc) is 3.54. The van der Waals surface area contributed by atoms with Gasteiger partial charge >= 0.3 is 18.1 Å². The van der Waals surface area contributed by atoms with E-state index in [0.29, 0.717) is 31.7 Å². The first-order chi connectivity index (χ1) is 19.0. The Bertz CT molecular complexity index is 1790. The van der Waals surface area contributed by atoms with Crippen molar-refractivity contribution in [2.75, 3.05) is 0 Å². The first-order valence-electron chi connectivity index (χ1n) is 11.7. The molecule has 0 radical (unpaired) electrons. The highest BCUT2D eigenvalue weighted by atomic mass is 32.1. The zero-order valence-corrected chi connectivity index (χ0v) is 22.0. The molecule has 0 bridgehead atoms. The van der Waals surface area contributed by atoms with E-state index in [0.717, 1.165) is 28.2 Å². The largest absolute Gasteiger partial charge is 0.480 e. The highest BCUT2D eigenvalue weighted by Crippen LogP contribution is 2.33. The van der Waals surface area contributed by atoms with E-state index in [1.165, 1.54) is 29.5 Å². The van der Waals surface area contributed by atoms with Crippen molar-refractivity contribution in [2.24, 2.45) is 5.73 Å². The van der Waals surface area contributed by atoms with Crippen LogP contribution < -0.4 is 16.0 Å². The molecule has 0 aliphatic carbocycles. The lowest BCUT2D eigenvalue weighted by molar-refractivity contribution is -0.139. The number of esters is 1. The Balaban J connectivity index is 1.35. The fourth-order valence-electron chi connectivity index (χ4n) is 3.99. The lowest BCUT2D eigenvalue weighted by atomic mass is 10.1. The summed E-state index contributed by atoms with van der Waals surface area (Å²) in [5.74, 6) is -1.53. The maximum Gasteiger partial charge on any atom is 0.416 e. The van der Waals surface area contributed by atoms with Crippen LogP contribution in [0.25, 0.3) is 21.0 Å². The number of thiazole rings is 1. The van der Waals surface area contributed by atoms with Crippen LogP contribution in [-0.2, 0) is 35.2 Å². The molecular formula is C26H19F3N4O5S2. The van der Waals surface area contributed by atoms with Crippen molar-refractivity contribution in [3.05, 3.63) is 85.4 Å². The number of carboxylic acids is 1. The monoisotopic (exact) mass is 588 g/mol. The molecule has 5 rings (SSSR count). The topological polar surface area (TPSA) is 137 Å². The number of carboxylic acid groups (broad SMARTS) is 1. The summed E-state index contributed by atoms with van der Waals surface area (Å²) in [6, 6.07) is 8.49. The molecule has 0 saturated heterocycles. The van der Waals surface area contributed by atoms with E-state index in [1.54, 1.807) is 22.9 Å². The summed E-state index contributed by atoms with van der Waals surface area (Å²) in [7, 11) is 0. The highest BCUT2D eigenvalue weighted by molar-refractivity contribution is 7.18. The minimum Gasteiger partial charge on any atom is -0.480 e. The molecule has 5 aromatic rings. The molecule has 0 amide bonds. The summed E-state index contributed by atoms with van der Waals surface area (Å²) in [6.07, 6.45) is -4.64. The van der Waals surface area contributed by atoms with Crippen molar-refractivity contribution < 1.29 is 32.6 Å². The number of nitrogens with two attached hydrogens (primary N) is 1. The number of ether oxygens (including phenoxy) is 1. The Morgan fingerprint density at radius 2 is 1.82 bits per heavy atom. The normalized spacial score (nSPS) is 12.6. The van der Waals surface area contributed by atoms with Crippen LogP contribution in [0.4, 0.5) is 13.2 Å². The van der Waals surface area contributed by atoms with Crippen molar-refractivity contribution in [1.29, 1.82) is 0 Å². The van der Waals surface area contributed by atoms with Crippen molar-refractivity contribution in [3.63, 3.8) is 0 Å². The first kappa shape index (κ1) is 27.4. The molecule has 0 fully saturated rings. The number of hydrogen-bond acceptors (Lipinski definition) is 9. The first-order valence-corrected chi connectivity index (χ1v) is 13.4. The maximum absolute atomic E-state index is 13.1. The van der Waals surface area contributed by atoms with Gasteiger partial charge in [-0.25, -0.2) is 9.67 Å². The van der Waals surface area contributed by atoms with Crippen LogP contribution in [-0.4, -0.2) is 37.9 Å². The fourth-order valence-corrected chi connectivity index (χ4v) is 5.76. The molecular weight excluding hydrogens is 569 g/mol. The van der Waals surface area contributed by atoms with Gasteiger partial charge in [-0.3, -0.25) is 14.4 Å². The number of nitrogens with zero attached hydrogens (tertiary/aromatic N) is 3. The molecule has 206 valence electrons. The van der Waals surface area contributed by atoms with E-state index in [4.69, 9.17) is 15.6 Å². The SMILES string of the molecule is NC(Cc1ccc(OC(=O)Cc2nn(Cc3nc4cc(C(F)(F)F)ccc4s3)c(=O)c3cscc23)cc1)C(=O)O. The van der Waals surface area contributed by atoms with E-state index in [2.05, 4.69) is 10.1 Å². The molecule has 3 aromatic heterocycles. The predicted octanol–water partition coefficient (Wildman–Crippen LogP) is 4.24. The third-order valence-corrected chi connectivity index (χ3v) is 7.73. The highest BCUT2D eigenvalue weighted by Gasteiger charge is 2.31. The summed E-state index contributed by atoms with van der Waals surface area (Å²) < 4.78 is 46.3. The van der Waals surface area contributed by atoms with Crippen LogP contribution in [0.1, 0.15) is 21.8 Å². The molecule has 2 aromatic carbocycles. The zero-order chi connectivity index (χ0) is 28.6. The molecule has 1 unspecified atom stereocenters. The summed E-state index contributed by atoms with van der Waals surface area (Å²) >= 11 is 2.41. The summed E-state index contributed by atoms with van der Waals surface area (Å²) in [5.41, 5.74) is 5.43. The van der Waals surface area contributed by atoms with Crippen LogP contribution in [0.3, 0.4) is 0 Å². The molecule has 40 heavy (non-hydrogen) atoms. The molecule has 0 aliphatic rings. The second-order valence-electron chi connectivity index (χ2n) is 8.84. The summed E-state index contributed by atoms with van der Waals surface area (Å²) in [6.45, 7) is -0.0900. The fraction of sp³-hybridized carbons (Fsp3) is 0.192. The number of aliphatic carboxylic acids is 1. The van der Waals surface area contributed by atoms with E-state index in [9.17, 15) is 27.6 Å². The number of alkyl halides is 3. The number of rotatable bonds is 8. The Morgan fingerprint density at radius 1 is 1.10 bits per heavy atom. The van der Waals surface area contributed by atoms with Crippen molar-refractivity contribution in [1.82, 2.24) is 14.8 Å². The third-order valence-electron chi connectivity index (χ3n) is 5.96. The second-order valence-corrected chi connectivity index (χ2v) is 10.7. The van der Waals surface area contributed by atoms with Crippen molar-refractivity contribution >= 4 is 55.6 Å². The number of fused-ring (bicyclic) bond motifs is 2. The molecule has 3 N–H and O–H groups in total. The Kier molecular flexibility index (Phi) is 7.40. The standard InChI is InChI=1S/C26H19F3N4O5S2/c27-26(28,29)14-3-6-21-20(8-14)31-22(40-21)10-33-24(35)17-12-39-11-16(17)19(32-33)9-23(34)38-15-4-1-13(2-5-15)7-18(30)25(36)37/h1-6,8,11-12,18H,7,9-10,30H2,(H,36,37). The van der Waals surface area contributed by atoms with E-state index >= 15 is 0 Å². The summed E-state index contributed by atoms with van der Waals surface area (Å²) in [5, 5.41) is 17.9. The van der Waals surface area contributed by atoms with Crippen LogP contribution >= 0.6 is 22.7 Å². The Morgan fingerprint density at radius 3 is 2.52 bits per heavy atom. The number of thiophene rings is 1. The number of benzene rings is 2. The molecule has 0 saturated carbocycles. The lowest BCUT2D eigenvalue weighted by Gasteiger charge is -2.09. The van der Waals surface area contributed by atoms with E-state index < -0.39 is 35.3 Å². The quantitative estimate of drug-likeness (QED) is 0.203. The van der Waals surface area contributed by atoms with E-state index in [-0.39, 0.29) is 30.7 Å². The van der Waals surface area contributed by atoms with Gasteiger partial charge in [0.1, 0.15) is 16.8 Å². The smallest absolute Gasteiger partial charge is 0.416 e. The van der Waals surface area contributed by atoms with Gasteiger partial charge in [-0.1, -0.05) is 12.1 Å². The van der Waals surface area contributed by atoms with Crippen molar-refractivity contribution in [2.45, 2.75) is 31.6 Å². The number of aromatic nitrogens is 3. The number of carbonyl (C=O) groups excluding carboxylic acids is 1. The van der Waals surface area contributed by atoms with Gasteiger partial charge in [0, 0.05) is 16.1 Å². The molecule has 14 heteroatoms. The summed E-state index contributed by atoms with van der Waals surface area (Å²) in [4.78, 5) is 41.0. The number of hydrogen-bond donors (Lipinski definition) is 2.